The molecular weight excluding hydrogens is 284 g/mol. The molecule has 3 aromatic heterocycles. The first kappa shape index (κ1) is 11.9. The standard InChI is InChI=1S/C15H8N4OS/c16-7-11-15(18-19-17-11)13-6-5-12(20-13)10-8-21-14-4-2-1-3-9(10)14/h1-6,8H,(H,17,18,19). The van der Waals surface area contributed by atoms with Gasteiger partial charge in [0, 0.05) is 21.0 Å². The molecule has 3 heterocycles. The second-order valence-electron chi connectivity index (χ2n) is 4.44. The molecule has 0 amide bonds. The summed E-state index contributed by atoms with van der Waals surface area (Å²) in [6, 6.07) is 13.9. The topological polar surface area (TPSA) is 78.5 Å². The van der Waals surface area contributed by atoms with Crippen LogP contribution in [0.25, 0.3) is 32.9 Å². The highest BCUT2D eigenvalue weighted by molar-refractivity contribution is 7.17. The highest BCUT2D eigenvalue weighted by atomic mass is 32.1. The van der Waals surface area contributed by atoms with Crippen molar-refractivity contribution in [1.29, 1.82) is 5.26 Å². The summed E-state index contributed by atoms with van der Waals surface area (Å²) in [5.74, 6) is 1.29. The number of aromatic amines is 1. The minimum absolute atomic E-state index is 0.228. The molecule has 6 heteroatoms. The van der Waals surface area contributed by atoms with Gasteiger partial charge in [-0.25, -0.2) is 0 Å². The minimum Gasteiger partial charge on any atom is -0.454 e. The molecule has 0 atom stereocenters. The Hall–Kier alpha value is -2.91. The number of aromatic nitrogens is 3. The van der Waals surface area contributed by atoms with Crippen molar-refractivity contribution in [3.05, 3.63) is 47.5 Å². The molecule has 0 bridgehead atoms. The Labute approximate surface area is 123 Å². The summed E-state index contributed by atoms with van der Waals surface area (Å²) >= 11 is 1.68. The largest absolute Gasteiger partial charge is 0.454 e. The summed E-state index contributed by atoms with van der Waals surface area (Å²) in [5.41, 5.74) is 1.71. The van der Waals surface area contributed by atoms with E-state index in [2.05, 4.69) is 32.9 Å². The molecule has 100 valence electrons. The molecule has 0 spiro atoms. The summed E-state index contributed by atoms with van der Waals surface area (Å²) in [5, 5.41) is 22.4. The molecule has 1 aromatic carbocycles. The summed E-state index contributed by atoms with van der Waals surface area (Å²) in [4.78, 5) is 0. The number of thiophene rings is 1. The first-order valence-corrected chi connectivity index (χ1v) is 7.12. The van der Waals surface area contributed by atoms with Gasteiger partial charge in [-0.2, -0.15) is 15.6 Å². The van der Waals surface area contributed by atoms with Crippen LogP contribution in [0.1, 0.15) is 5.69 Å². The van der Waals surface area contributed by atoms with E-state index in [0.717, 1.165) is 16.7 Å². The van der Waals surface area contributed by atoms with Crippen LogP contribution in [-0.4, -0.2) is 15.4 Å². The molecule has 0 aliphatic rings. The van der Waals surface area contributed by atoms with Gasteiger partial charge in [-0.05, 0) is 18.2 Å². The molecule has 4 rings (SSSR count). The van der Waals surface area contributed by atoms with E-state index >= 15 is 0 Å². The number of nitrogens with zero attached hydrogens (tertiary/aromatic N) is 3. The van der Waals surface area contributed by atoms with E-state index < -0.39 is 0 Å². The number of H-pyrrole nitrogens is 1. The van der Waals surface area contributed by atoms with E-state index in [9.17, 15) is 0 Å². The predicted molar refractivity (Wildman–Crippen MR) is 79.6 cm³/mol. The van der Waals surface area contributed by atoms with Crippen LogP contribution in [0.5, 0.6) is 0 Å². The summed E-state index contributed by atoms with van der Waals surface area (Å²) in [6.45, 7) is 0. The van der Waals surface area contributed by atoms with Gasteiger partial charge in [0.25, 0.3) is 0 Å². The van der Waals surface area contributed by atoms with Crippen molar-refractivity contribution in [1.82, 2.24) is 15.4 Å². The average Bonchev–Trinajstić information content (AvgIpc) is 3.24. The van der Waals surface area contributed by atoms with Crippen molar-refractivity contribution in [2.24, 2.45) is 0 Å². The SMILES string of the molecule is N#Cc1n[nH]nc1-c1ccc(-c2csc3ccccc23)o1. The van der Waals surface area contributed by atoms with Gasteiger partial charge in [-0.1, -0.05) is 18.2 Å². The number of hydrogen-bond donors (Lipinski definition) is 1. The van der Waals surface area contributed by atoms with Crippen molar-refractivity contribution >= 4 is 21.4 Å². The van der Waals surface area contributed by atoms with Crippen LogP contribution in [0, 0.1) is 11.3 Å². The maximum atomic E-state index is 8.99. The molecule has 0 unspecified atom stereocenters. The van der Waals surface area contributed by atoms with Crippen molar-refractivity contribution in [2.45, 2.75) is 0 Å². The number of hydrogen-bond acceptors (Lipinski definition) is 5. The molecule has 4 aromatic rings. The van der Waals surface area contributed by atoms with Crippen molar-refractivity contribution in [3.63, 3.8) is 0 Å². The molecule has 0 radical (unpaired) electrons. The van der Waals surface area contributed by atoms with Crippen molar-refractivity contribution in [2.75, 3.05) is 0 Å². The number of fused-ring (bicyclic) bond motifs is 1. The Bertz CT molecular complexity index is 973. The molecular formula is C15H8N4OS. The van der Waals surface area contributed by atoms with Gasteiger partial charge in [0.15, 0.2) is 17.1 Å². The van der Waals surface area contributed by atoms with Gasteiger partial charge in [-0.15, -0.1) is 16.4 Å². The van der Waals surface area contributed by atoms with E-state index in [1.807, 2.05) is 24.3 Å². The molecule has 0 fully saturated rings. The first-order valence-electron chi connectivity index (χ1n) is 6.24. The molecule has 5 nitrogen and oxygen atoms in total. The number of benzene rings is 1. The summed E-state index contributed by atoms with van der Waals surface area (Å²) < 4.78 is 7.07. The van der Waals surface area contributed by atoms with E-state index in [0.29, 0.717) is 11.5 Å². The van der Waals surface area contributed by atoms with Gasteiger partial charge in [0.2, 0.25) is 0 Å². The third-order valence-corrected chi connectivity index (χ3v) is 4.20. The van der Waals surface area contributed by atoms with Crippen LogP contribution in [0.15, 0.2) is 46.2 Å². The Kier molecular flexibility index (Phi) is 2.59. The number of furan rings is 1. The fourth-order valence-corrected chi connectivity index (χ4v) is 3.21. The maximum Gasteiger partial charge on any atom is 0.193 e. The second-order valence-corrected chi connectivity index (χ2v) is 5.35. The Morgan fingerprint density at radius 1 is 1.10 bits per heavy atom. The van der Waals surface area contributed by atoms with Gasteiger partial charge >= 0.3 is 0 Å². The molecule has 1 N–H and O–H groups in total. The predicted octanol–water partition coefficient (Wildman–Crippen LogP) is 3.82. The third kappa shape index (κ3) is 1.83. The smallest absolute Gasteiger partial charge is 0.193 e. The lowest BCUT2D eigenvalue weighted by Gasteiger charge is -1.95. The highest BCUT2D eigenvalue weighted by Crippen LogP contribution is 2.36. The molecule has 21 heavy (non-hydrogen) atoms. The Morgan fingerprint density at radius 3 is 2.86 bits per heavy atom. The fourth-order valence-electron chi connectivity index (χ4n) is 2.26. The van der Waals surface area contributed by atoms with Crippen LogP contribution in [-0.2, 0) is 0 Å². The fraction of sp³-hybridized carbons (Fsp3) is 0. The van der Waals surface area contributed by atoms with E-state index in [-0.39, 0.29) is 5.69 Å². The summed E-state index contributed by atoms with van der Waals surface area (Å²) in [6.07, 6.45) is 0. The quantitative estimate of drug-likeness (QED) is 0.609. The highest BCUT2D eigenvalue weighted by Gasteiger charge is 2.16. The molecule has 0 saturated heterocycles. The van der Waals surface area contributed by atoms with Crippen LogP contribution >= 0.6 is 11.3 Å². The van der Waals surface area contributed by atoms with Gasteiger partial charge in [-0.3, -0.25) is 0 Å². The van der Waals surface area contributed by atoms with Crippen LogP contribution in [0.2, 0.25) is 0 Å². The zero-order valence-corrected chi connectivity index (χ0v) is 11.5. The number of rotatable bonds is 2. The molecule has 0 aliphatic carbocycles. The minimum atomic E-state index is 0.228. The first-order chi connectivity index (χ1) is 10.4. The average molecular weight is 292 g/mol. The van der Waals surface area contributed by atoms with Gasteiger partial charge in [0.05, 0.1) is 0 Å². The van der Waals surface area contributed by atoms with Crippen LogP contribution < -0.4 is 0 Å². The van der Waals surface area contributed by atoms with Gasteiger partial charge < -0.3 is 4.42 Å². The Balaban J connectivity index is 1.83. The second kappa shape index (κ2) is 4.58. The van der Waals surface area contributed by atoms with Crippen molar-refractivity contribution < 1.29 is 4.42 Å². The maximum absolute atomic E-state index is 8.99. The monoisotopic (exact) mass is 292 g/mol. The molecule has 0 aliphatic heterocycles. The number of nitrogens with one attached hydrogen (secondary N) is 1. The zero-order valence-electron chi connectivity index (χ0n) is 10.7. The van der Waals surface area contributed by atoms with Crippen LogP contribution in [0.4, 0.5) is 0 Å². The zero-order chi connectivity index (χ0) is 14.2. The van der Waals surface area contributed by atoms with Gasteiger partial charge in [0.1, 0.15) is 11.8 Å². The van der Waals surface area contributed by atoms with E-state index in [1.54, 1.807) is 17.4 Å². The van der Waals surface area contributed by atoms with E-state index in [1.165, 1.54) is 4.70 Å². The lowest BCUT2D eigenvalue weighted by atomic mass is 10.1. The lowest BCUT2D eigenvalue weighted by Crippen LogP contribution is -1.79. The normalized spacial score (nSPS) is 10.8. The molecule has 0 saturated carbocycles. The summed E-state index contributed by atoms with van der Waals surface area (Å²) in [7, 11) is 0. The number of nitriles is 1. The van der Waals surface area contributed by atoms with E-state index in [4.69, 9.17) is 9.68 Å². The Morgan fingerprint density at radius 2 is 1.95 bits per heavy atom. The van der Waals surface area contributed by atoms with Crippen LogP contribution in [0.3, 0.4) is 0 Å². The lowest BCUT2D eigenvalue weighted by molar-refractivity contribution is 0.595. The third-order valence-electron chi connectivity index (χ3n) is 3.24. The van der Waals surface area contributed by atoms with Crippen molar-refractivity contribution in [3.8, 4) is 28.8 Å².